The fraction of sp³-hybridized carbons (Fsp3) is 0.714. The van der Waals surface area contributed by atoms with E-state index < -0.39 is 4.92 Å². The van der Waals surface area contributed by atoms with E-state index in [1.807, 2.05) is 20.8 Å². The van der Waals surface area contributed by atoms with Crippen LogP contribution < -0.4 is 10.6 Å². The first-order valence-electron chi connectivity index (χ1n) is 7.07. The van der Waals surface area contributed by atoms with Crippen molar-refractivity contribution in [2.45, 2.75) is 53.5 Å². The summed E-state index contributed by atoms with van der Waals surface area (Å²) in [6, 6.07) is 0. The Morgan fingerprint density at radius 2 is 1.76 bits per heavy atom. The van der Waals surface area contributed by atoms with Gasteiger partial charge in [0.1, 0.15) is 6.33 Å². The highest BCUT2D eigenvalue weighted by Crippen LogP contribution is 2.34. The Kier molecular flexibility index (Phi) is 5.09. The molecular weight excluding hydrogens is 270 g/mol. The van der Waals surface area contributed by atoms with Crippen LogP contribution in [0, 0.1) is 15.5 Å². The van der Waals surface area contributed by atoms with E-state index in [1.165, 1.54) is 6.33 Å². The van der Waals surface area contributed by atoms with E-state index in [2.05, 4.69) is 41.4 Å². The average molecular weight is 295 g/mol. The van der Waals surface area contributed by atoms with Crippen molar-refractivity contribution < 1.29 is 4.92 Å². The zero-order chi connectivity index (χ0) is 16.3. The van der Waals surface area contributed by atoms with Crippen molar-refractivity contribution in [1.82, 2.24) is 9.97 Å². The van der Waals surface area contributed by atoms with Crippen LogP contribution in [-0.2, 0) is 0 Å². The Balaban J connectivity index is 3.13. The van der Waals surface area contributed by atoms with E-state index in [9.17, 15) is 10.1 Å². The van der Waals surface area contributed by atoms with Crippen LogP contribution in [0.25, 0.3) is 0 Å². The lowest BCUT2D eigenvalue weighted by molar-refractivity contribution is -0.383. The van der Waals surface area contributed by atoms with Crippen molar-refractivity contribution in [3.8, 4) is 0 Å². The van der Waals surface area contributed by atoms with Gasteiger partial charge in [-0.05, 0) is 32.6 Å². The highest BCUT2D eigenvalue weighted by Gasteiger charge is 2.30. The zero-order valence-corrected chi connectivity index (χ0v) is 13.6. The third-order valence-electron chi connectivity index (χ3n) is 2.78. The molecule has 7 heteroatoms. The summed E-state index contributed by atoms with van der Waals surface area (Å²) in [7, 11) is 0. The van der Waals surface area contributed by atoms with Gasteiger partial charge in [0.25, 0.3) is 0 Å². The molecule has 0 amide bonds. The van der Waals surface area contributed by atoms with Gasteiger partial charge in [-0.2, -0.15) is 0 Å². The average Bonchev–Trinajstić information content (AvgIpc) is 2.24. The molecule has 21 heavy (non-hydrogen) atoms. The van der Waals surface area contributed by atoms with E-state index in [4.69, 9.17) is 0 Å². The molecule has 0 aliphatic rings. The molecule has 1 rings (SSSR count). The van der Waals surface area contributed by atoms with E-state index >= 15 is 0 Å². The Labute approximate surface area is 125 Å². The molecule has 1 heterocycles. The van der Waals surface area contributed by atoms with E-state index in [-0.39, 0.29) is 28.3 Å². The minimum absolute atomic E-state index is 0.100. The van der Waals surface area contributed by atoms with Crippen LogP contribution in [0.2, 0.25) is 0 Å². The molecule has 1 aromatic rings. The third kappa shape index (κ3) is 5.17. The molecule has 0 atom stereocenters. The number of rotatable bonds is 6. The summed E-state index contributed by atoms with van der Waals surface area (Å²) < 4.78 is 0. The second-order valence-corrected chi connectivity index (χ2v) is 6.95. The summed E-state index contributed by atoms with van der Waals surface area (Å²) in [5.41, 5.74) is -0.328. The van der Waals surface area contributed by atoms with Crippen LogP contribution in [0.1, 0.15) is 48.0 Å². The molecular formula is C14H25N5O2. The fourth-order valence-electron chi connectivity index (χ4n) is 2.63. The zero-order valence-electron chi connectivity index (χ0n) is 13.6. The van der Waals surface area contributed by atoms with Crippen LogP contribution >= 0.6 is 0 Å². The van der Waals surface area contributed by atoms with Gasteiger partial charge >= 0.3 is 5.69 Å². The van der Waals surface area contributed by atoms with Gasteiger partial charge < -0.3 is 10.6 Å². The number of anilines is 2. The first kappa shape index (κ1) is 17.1. The Bertz CT molecular complexity index is 509. The predicted octanol–water partition coefficient (Wildman–Crippen LogP) is 3.44. The molecule has 2 N–H and O–H groups in total. The molecule has 0 aliphatic heterocycles. The lowest BCUT2D eigenvalue weighted by Gasteiger charge is -2.33. The van der Waals surface area contributed by atoms with Crippen molar-refractivity contribution >= 4 is 17.3 Å². The van der Waals surface area contributed by atoms with Crippen LogP contribution in [0.15, 0.2) is 6.33 Å². The first-order valence-corrected chi connectivity index (χ1v) is 7.07. The molecule has 118 valence electrons. The van der Waals surface area contributed by atoms with E-state index in [0.29, 0.717) is 6.54 Å². The highest BCUT2D eigenvalue weighted by molar-refractivity contribution is 5.69. The van der Waals surface area contributed by atoms with Crippen LogP contribution in [0.3, 0.4) is 0 Å². The van der Waals surface area contributed by atoms with Gasteiger partial charge in [-0.15, -0.1) is 0 Å². The number of hydrogen-bond donors (Lipinski definition) is 2. The van der Waals surface area contributed by atoms with Crippen LogP contribution in [-0.4, -0.2) is 27.0 Å². The summed E-state index contributed by atoms with van der Waals surface area (Å²) in [4.78, 5) is 18.9. The van der Waals surface area contributed by atoms with Gasteiger partial charge in [0.15, 0.2) is 0 Å². The molecule has 0 bridgehead atoms. The van der Waals surface area contributed by atoms with Crippen molar-refractivity contribution in [3.63, 3.8) is 0 Å². The molecule has 0 aliphatic carbocycles. The highest BCUT2D eigenvalue weighted by atomic mass is 16.6. The topological polar surface area (TPSA) is 93.0 Å². The normalized spacial score (nSPS) is 12.1. The predicted molar refractivity (Wildman–Crippen MR) is 84.6 cm³/mol. The molecule has 0 saturated carbocycles. The summed E-state index contributed by atoms with van der Waals surface area (Å²) in [6.45, 7) is 12.8. The van der Waals surface area contributed by atoms with Crippen molar-refractivity contribution in [1.29, 1.82) is 0 Å². The van der Waals surface area contributed by atoms with E-state index in [1.54, 1.807) is 0 Å². The molecule has 0 spiro atoms. The van der Waals surface area contributed by atoms with E-state index in [0.717, 1.165) is 6.42 Å². The number of nitrogens with zero attached hydrogens (tertiary/aromatic N) is 3. The number of aromatic nitrogens is 2. The maximum atomic E-state index is 11.3. The van der Waals surface area contributed by atoms with Gasteiger partial charge in [0.05, 0.1) is 4.92 Å². The molecule has 0 aromatic carbocycles. The minimum atomic E-state index is -0.451. The number of nitro groups is 1. The molecule has 0 fully saturated rings. The summed E-state index contributed by atoms with van der Waals surface area (Å²) in [5, 5.41) is 17.4. The number of hydrogen-bond acceptors (Lipinski definition) is 6. The lowest BCUT2D eigenvalue weighted by Crippen LogP contribution is -2.36. The van der Waals surface area contributed by atoms with Gasteiger partial charge in [0, 0.05) is 12.1 Å². The van der Waals surface area contributed by atoms with Gasteiger partial charge in [-0.3, -0.25) is 10.1 Å². The standard InChI is InChI=1S/C14H25N5O2/c1-7-15-11-10(19(20)21)12(17-9-16-11)18-14(5,6)8-13(2,3)4/h9H,7-8H2,1-6H3,(H2,15,16,17,18). The monoisotopic (exact) mass is 295 g/mol. The maximum Gasteiger partial charge on any atom is 0.353 e. The fourth-order valence-corrected chi connectivity index (χ4v) is 2.63. The third-order valence-corrected chi connectivity index (χ3v) is 2.78. The first-order chi connectivity index (χ1) is 9.56. The van der Waals surface area contributed by atoms with Crippen molar-refractivity contribution in [2.24, 2.45) is 5.41 Å². The second kappa shape index (κ2) is 6.24. The Hall–Kier alpha value is -1.92. The molecule has 0 radical (unpaired) electrons. The lowest BCUT2D eigenvalue weighted by atomic mass is 9.82. The Morgan fingerprint density at radius 1 is 1.19 bits per heavy atom. The van der Waals surface area contributed by atoms with Crippen molar-refractivity contribution in [3.05, 3.63) is 16.4 Å². The smallest absolute Gasteiger partial charge is 0.353 e. The summed E-state index contributed by atoms with van der Waals surface area (Å²) in [5.74, 6) is 0.492. The van der Waals surface area contributed by atoms with Crippen LogP contribution in [0.4, 0.5) is 17.3 Å². The van der Waals surface area contributed by atoms with Crippen molar-refractivity contribution in [2.75, 3.05) is 17.2 Å². The molecule has 7 nitrogen and oxygen atoms in total. The van der Waals surface area contributed by atoms with Gasteiger partial charge in [0.2, 0.25) is 11.6 Å². The molecule has 0 unspecified atom stereocenters. The van der Waals surface area contributed by atoms with Crippen LogP contribution in [0.5, 0.6) is 0 Å². The minimum Gasteiger partial charge on any atom is -0.364 e. The second-order valence-electron chi connectivity index (χ2n) is 6.95. The van der Waals surface area contributed by atoms with Gasteiger partial charge in [-0.25, -0.2) is 9.97 Å². The number of nitrogens with one attached hydrogen (secondary N) is 2. The largest absolute Gasteiger partial charge is 0.364 e. The molecule has 0 saturated heterocycles. The summed E-state index contributed by atoms with van der Waals surface area (Å²) in [6.07, 6.45) is 2.18. The maximum absolute atomic E-state index is 11.3. The summed E-state index contributed by atoms with van der Waals surface area (Å²) >= 11 is 0. The quantitative estimate of drug-likeness (QED) is 0.617. The molecule has 1 aromatic heterocycles. The Morgan fingerprint density at radius 3 is 2.24 bits per heavy atom. The SMILES string of the molecule is CCNc1ncnc(NC(C)(C)CC(C)(C)C)c1[N+](=O)[O-]. The van der Waals surface area contributed by atoms with Gasteiger partial charge in [-0.1, -0.05) is 20.8 Å².